The van der Waals surface area contributed by atoms with Crippen molar-refractivity contribution >= 4 is 27.5 Å². The van der Waals surface area contributed by atoms with Crippen molar-refractivity contribution in [2.24, 2.45) is 11.8 Å². The Morgan fingerprint density at radius 1 is 1.10 bits per heavy atom. The molecule has 8 nitrogen and oxygen atoms in total. The molecule has 1 fully saturated rings. The first-order chi connectivity index (χ1) is 13.5. The van der Waals surface area contributed by atoms with Gasteiger partial charge in [0, 0.05) is 32.9 Å². The molecule has 2 N–H and O–H groups in total. The number of carbonyl (C=O) groups excluding carboxylic acids is 2. The van der Waals surface area contributed by atoms with Gasteiger partial charge in [-0.05, 0) is 42.5 Å². The highest BCUT2D eigenvalue weighted by atomic mass is 32.2. The smallest absolute Gasteiger partial charge is 0.279 e. The average Bonchev–Trinajstić information content (AvgIpc) is 2.60. The zero-order valence-electron chi connectivity index (χ0n) is 17.9. The Labute approximate surface area is 173 Å². The summed E-state index contributed by atoms with van der Waals surface area (Å²) >= 11 is 0. The van der Waals surface area contributed by atoms with Crippen molar-refractivity contribution in [3.05, 3.63) is 24.3 Å². The molecule has 0 spiro atoms. The number of rotatable bonds is 7. The fourth-order valence-corrected chi connectivity index (χ4v) is 5.30. The molecule has 162 valence electrons. The number of nitrogens with zero attached hydrogens (tertiary/aromatic N) is 2. The zero-order chi connectivity index (χ0) is 21.8. The molecule has 3 atom stereocenters. The number of hydrogen-bond donors (Lipinski definition) is 2. The molecule has 0 radical (unpaired) electrons. The molecule has 29 heavy (non-hydrogen) atoms. The summed E-state index contributed by atoms with van der Waals surface area (Å²) in [5, 5.41) is 2.75. The summed E-state index contributed by atoms with van der Waals surface area (Å²) in [5.41, 5.74) is 0.529. The second kappa shape index (κ2) is 9.69. The number of nitrogens with one attached hydrogen (secondary N) is 2. The molecule has 1 unspecified atom stereocenters. The van der Waals surface area contributed by atoms with Gasteiger partial charge in [0.05, 0.1) is 11.9 Å². The summed E-state index contributed by atoms with van der Waals surface area (Å²) in [7, 11) is 1.59. The predicted octanol–water partition coefficient (Wildman–Crippen LogP) is -0.105. The summed E-state index contributed by atoms with van der Waals surface area (Å²) in [5.74, 6) is 0.395. The normalized spacial score (nSPS) is 21.4. The highest BCUT2D eigenvalue weighted by molar-refractivity contribution is 7.89. The molecule has 1 saturated heterocycles. The number of amides is 2. The van der Waals surface area contributed by atoms with Gasteiger partial charge >= 0.3 is 0 Å². The lowest BCUT2D eigenvalue weighted by molar-refractivity contribution is -0.862. The van der Waals surface area contributed by atoms with Crippen molar-refractivity contribution in [1.82, 2.24) is 9.21 Å². The first-order valence-corrected chi connectivity index (χ1v) is 11.3. The van der Waals surface area contributed by atoms with Gasteiger partial charge in [0.15, 0.2) is 13.1 Å². The molecule has 1 aromatic carbocycles. The second-order valence-corrected chi connectivity index (χ2v) is 10.4. The SMILES string of the molecule is C[C@@H]1C[C@H](C)CN(S(=O)(=O)c2ccc(NC(=O)C[NH+](C)CC(=O)N(C)C)cc2)C1. The maximum absolute atomic E-state index is 12.9. The van der Waals surface area contributed by atoms with Crippen LogP contribution in [-0.4, -0.2) is 76.8 Å². The number of quaternary nitrogens is 1. The van der Waals surface area contributed by atoms with Gasteiger partial charge in [-0.3, -0.25) is 9.59 Å². The average molecular weight is 426 g/mol. The van der Waals surface area contributed by atoms with E-state index in [1.54, 1.807) is 37.6 Å². The van der Waals surface area contributed by atoms with Gasteiger partial charge in [-0.15, -0.1) is 0 Å². The van der Waals surface area contributed by atoms with E-state index in [1.165, 1.54) is 17.0 Å². The van der Waals surface area contributed by atoms with Crippen LogP contribution >= 0.6 is 0 Å². The molecular weight excluding hydrogens is 392 g/mol. The first kappa shape index (κ1) is 23.3. The molecule has 0 bridgehead atoms. The monoisotopic (exact) mass is 425 g/mol. The van der Waals surface area contributed by atoms with Crippen LogP contribution in [0.2, 0.25) is 0 Å². The Hall–Kier alpha value is -1.97. The minimum atomic E-state index is -3.54. The molecule has 0 saturated carbocycles. The Morgan fingerprint density at radius 3 is 2.17 bits per heavy atom. The molecule has 2 rings (SSSR count). The molecule has 1 heterocycles. The van der Waals surface area contributed by atoms with Gasteiger partial charge in [-0.2, -0.15) is 4.31 Å². The van der Waals surface area contributed by atoms with E-state index in [4.69, 9.17) is 0 Å². The van der Waals surface area contributed by atoms with Crippen LogP contribution in [0.25, 0.3) is 0 Å². The van der Waals surface area contributed by atoms with E-state index >= 15 is 0 Å². The topological polar surface area (TPSA) is 91.2 Å². The van der Waals surface area contributed by atoms with Gasteiger partial charge < -0.3 is 15.1 Å². The summed E-state index contributed by atoms with van der Waals surface area (Å²) in [6.45, 7) is 5.58. The van der Waals surface area contributed by atoms with Gasteiger partial charge in [0.25, 0.3) is 11.8 Å². The van der Waals surface area contributed by atoms with Crippen LogP contribution < -0.4 is 10.2 Å². The third-order valence-electron chi connectivity index (χ3n) is 5.03. The van der Waals surface area contributed by atoms with Gasteiger partial charge in [0.2, 0.25) is 10.0 Å². The van der Waals surface area contributed by atoms with Crippen LogP contribution in [0.3, 0.4) is 0 Å². The number of sulfonamides is 1. The Balaban J connectivity index is 1.97. The number of anilines is 1. The number of likely N-dealkylation sites (N-methyl/N-ethyl adjacent to an activating group) is 2. The van der Waals surface area contributed by atoms with E-state index in [1.807, 2.05) is 0 Å². The van der Waals surface area contributed by atoms with E-state index in [0.29, 0.717) is 30.6 Å². The van der Waals surface area contributed by atoms with E-state index in [0.717, 1.165) is 11.3 Å². The Morgan fingerprint density at radius 2 is 1.66 bits per heavy atom. The minimum absolute atomic E-state index is 0.0498. The second-order valence-electron chi connectivity index (χ2n) is 8.44. The zero-order valence-corrected chi connectivity index (χ0v) is 18.8. The molecule has 1 aliphatic rings. The van der Waals surface area contributed by atoms with Crippen LogP contribution in [0, 0.1) is 11.8 Å². The van der Waals surface area contributed by atoms with Crippen molar-refractivity contribution in [2.75, 3.05) is 52.6 Å². The number of hydrogen-bond acceptors (Lipinski definition) is 4. The lowest BCUT2D eigenvalue weighted by Crippen LogP contribution is -3.11. The van der Waals surface area contributed by atoms with E-state index in [2.05, 4.69) is 19.2 Å². The van der Waals surface area contributed by atoms with Gasteiger partial charge in [-0.25, -0.2) is 8.42 Å². The van der Waals surface area contributed by atoms with Crippen LogP contribution in [-0.2, 0) is 19.6 Å². The van der Waals surface area contributed by atoms with E-state index < -0.39 is 10.0 Å². The molecule has 0 aliphatic carbocycles. The van der Waals surface area contributed by atoms with Crippen LogP contribution in [0.1, 0.15) is 20.3 Å². The Kier molecular flexibility index (Phi) is 7.79. The third-order valence-corrected chi connectivity index (χ3v) is 6.87. The van der Waals surface area contributed by atoms with E-state index in [9.17, 15) is 18.0 Å². The summed E-state index contributed by atoms with van der Waals surface area (Å²) in [6, 6.07) is 6.26. The van der Waals surface area contributed by atoms with E-state index in [-0.39, 0.29) is 29.8 Å². The van der Waals surface area contributed by atoms with Crippen LogP contribution in [0.5, 0.6) is 0 Å². The van der Waals surface area contributed by atoms with Crippen molar-refractivity contribution < 1.29 is 22.9 Å². The van der Waals surface area contributed by atoms with Crippen molar-refractivity contribution in [1.29, 1.82) is 0 Å². The number of benzene rings is 1. The predicted molar refractivity (Wildman–Crippen MR) is 112 cm³/mol. The standard InChI is InChI=1S/C20H32N4O4S/c1-15-10-16(2)12-24(11-15)29(27,28)18-8-6-17(7-9-18)21-19(25)13-23(5)14-20(26)22(3)4/h6-9,15-16H,10-14H2,1-5H3,(H,21,25)/p+1/t15-,16+. The van der Waals surface area contributed by atoms with Crippen LogP contribution in [0.4, 0.5) is 5.69 Å². The Bertz CT molecular complexity index is 813. The highest BCUT2D eigenvalue weighted by Crippen LogP contribution is 2.27. The summed E-state index contributed by atoms with van der Waals surface area (Å²) < 4.78 is 27.4. The number of piperidine rings is 1. The minimum Gasteiger partial charge on any atom is -0.344 e. The summed E-state index contributed by atoms with van der Waals surface area (Å²) in [6.07, 6.45) is 1.04. The molecule has 0 aromatic heterocycles. The number of carbonyl (C=O) groups is 2. The van der Waals surface area contributed by atoms with Crippen LogP contribution in [0.15, 0.2) is 29.2 Å². The first-order valence-electron chi connectivity index (χ1n) is 9.90. The largest absolute Gasteiger partial charge is 0.344 e. The maximum Gasteiger partial charge on any atom is 0.279 e. The fraction of sp³-hybridized carbons (Fsp3) is 0.600. The molecular formula is C20H33N4O4S+. The van der Waals surface area contributed by atoms with Crippen molar-refractivity contribution in [3.63, 3.8) is 0 Å². The third kappa shape index (κ3) is 6.52. The lowest BCUT2D eigenvalue weighted by Gasteiger charge is -2.34. The quantitative estimate of drug-likeness (QED) is 0.638. The van der Waals surface area contributed by atoms with Gasteiger partial charge in [-0.1, -0.05) is 13.8 Å². The molecule has 2 amide bonds. The highest BCUT2D eigenvalue weighted by Gasteiger charge is 2.31. The van der Waals surface area contributed by atoms with Gasteiger partial charge in [0.1, 0.15) is 0 Å². The fourth-order valence-electron chi connectivity index (χ4n) is 3.62. The summed E-state index contributed by atoms with van der Waals surface area (Å²) in [4.78, 5) is 26.4. The molecule has 1 aliphatic heterocycles. The maximum atomic E-state index is 12.9. The van der Waals surface area contributed by atoms with Crippen molar-refractivity contribution in [3.8, 4) is 0 Å². The molecule has 9 heteroatoms. The lowest BCUT2D eigenvalue weighted by atomic mass is 9.94. The molecule has 1 aromatic rings. The van der Waals surface area contributed by atoms with Crippen molar-refractivity contribution in [2.45, 2.75) is 25.2 Å².